The summed E-state index contributed by atoms with van der Waals surface area (Å²) in [5.74, 6) is 0.645. The van der Waals surface area contributed by atoms with Gasteiger partial charge in [-0.2, -0.15) is 0 Å². The second-order valence-electron chi connectivity index (χ2n) is 4.72. The van der Waals surface area contributed by atoms with E-state index in [9.17, 15) is 4.79 Å². The van der Waals surface area contributed by atoms with E-state index in [4.69, 9.17) is 5.11 Å². The first-order chi connectivity index (χ1) is 9.31. The molecule has 1 aromatic rings. The highest BCUT2D eigenvalue weighted by molar-refractivity contribution is 8.00. The van der Waals surface area contributed by atoms with Crippen LogP contribution in [0.1, 0.15) is 25.7 Å². The van der Waals surface area contributed by atoms with Crippen molar-refractivity contribution >= 4 is 17.7 Å². The van der Waals surface area contributed by atoms with Crippen LogP contribution in [0.3, 0.4) is 0 Å². The van der Waals surface area contributed by atoms with Gasteiger partial charge >= 0.3 is 0 Å². The topological polar surface area (TPSA) is 53.4 Å². The predicted octanol–water partition coefficient (Wildman–Crippen LogP) is 1.94. The van der Waals surface area contributed by atoms with E-state index < -0.39 is 0 Å². The third-order valence-corrected chi connectivity index (χ3v) is 4.40. The van der Waals surface area contributed by atoms with Crippen molar-refractivity contribution in [2.45, 2.75) is 36.6 Å². The molecule has 1 amide bonds. The summed E-state index contributed by atoms with van der Waals surface area (Å²) < 4.78 is 0. The maximum Gasteiger partial charge on any atom is 0.233 e. The van der Waals surface area contributed by atoms with Gasteiger partial charge in [0.05, 0.1) is 5.75 Å². The van der Waals surface area contributed by atoms with Crippen LogP contribution in [0.25, 0.3) is 0 Å². The lowest BCUT2D eigenvalue weighted by Gasteiger charge is -2.37. The Kier molecular flexibility index (Phi) is 5.66. The summed E-state index contributed by atoms with van der Waals surface area (Å²) in [5.41, 5.74) is 0. The van der Waals surface area contributed by atoms with E-state index in [0.717, 1.165) is 17.7 Å². The van der Waals surface area contributed by atoms with Gasteiger partial charge in [-0.3, -0.25) is 9.78 Å². The van der Waals surface area contributed by atoms with Crippen LogP contribution in [-0.4, -0.2) is 45.8 Å². The van der Waals surface area contributed by atoms with Crippen LogP contribution < -0.4 is 0 Å². The Morgan fingerprint density at radius 3 is 2.74 bits per heavy atom. The fourth-order valence-corrected chi connectivity index (χ4v) is 2.88. The number of aliphatic hydroxyl groups excluding tert-OH is 1. The number of rotatable bonds is 7. The Labute approximate surface area is 118 Å². The molecule has 1 aliphatic rings. The number of carbonyl (C=O) groups is 1. The molecular weight excluding hydrogens is 260 g/mol. The molecule has 0 radical (unpaired) electrons. The molecule has 0 bridgehead atoms. The molecule has 1 aliphatic carbocycles. The van der Waals surface area contributed by atoms with E-state index in [1.54, 1.807) is 24.2 Å². The Morgan fingerprint density at radius 2 is 2.16 bits per heavy atom. The van der Waals surface area contributed by atoms with E-state index in [1.807, 2.05) is 17.0 Å². The number of thioether (sulfide) groups is 1. The summed E-state index contributed by atoms with van der Waals surface area (Å²) in [7, 11) is 0. The zero-order valence-electron chi connectivity index (χ0n) is 11.0. The van der Waals surface area contributed by atoms with Crippen molar-refractivity contribution < 1.29 is 9.90 Å². The first-order valence-electron chi connectivity index (χ1n) is 6.74. The van der Waals surface area contributed by atoms with E-state index in [1.165, 1.54) is 6.42 Å². The van der Waals surface area contributed by atoms with Gasteiger partial charge in [0.15, 0.2) is 0 Å². The van der Waals surface area contributed by atoms with Crippen LogP contribution in [0.4, 0.5) is 0 Å². The minimum absolute atomic E-state index is 0.147. The van der Waals surface area contributed by atoms with Crippen LogP contribution in [-0.2, 0) is 4.79 Å². The van der Waals surface area contributed by atoms with Crippen molar-refractivity contribution in [3.05, 3.63) is 24.5 Å². The molecule has 1 aromatic heterocycles. The summed E-state index contributed by atoms with van der Waals surface area (Å²) in [6.07, 6.45) is 7.58. The zero-order chi connectivity index (χ0) is 13.5. The fraction of sp³-hybridized carbons (Fsp3) is 0.571. The maximum absolute atomic E-state index is 12.3. The number of carbonyl (C=O) groups excluding carboxylic acids is 1. The molecule has 2 rings (SSSR count). The Balaban J connectivity index is 1.84. The molecule has 0 aliphatic heterocycles. The molecule has 1 heterocycles. The maximum atomic E-state index is 12.3. The molecule has 0 spiro atoms. The number of aliphatic hydroxyl groups is 1. The van der Waals surface area contributed by atoms with Crippen molar-refractivity contribution in [2.24, 2.45) is 0 Å². The fourth-order valence-electron chi connectivity index (χ4n) is 2.11. The lowest BCUT2D eigenvalue weighted by Crippen LogP contribution is -2.45. The molecule has 0 atom stereocenters. The largest absolute Gasteiger partial charge is 0.396 e. The van der Waals surface area contributed by atoms with E-state index in [2.05, 4.69) is 4.98 Å². The van der Waals surface area contributed by atoms with Crippen molar-refractivity contribution in [3.8, 4) is 0 Å². The van der Waals surface area contributed by atoms with Gasteiger partial charge in [-0.25, -0.2) is 0 Å². The van der Waals surface area contributed by atoms with Crippen LogP contribution in [0.2, 0.25) is 0 Å². The average Bonchev–Trinajstić information content (AvgIpc) is 2.39. The molecular formula is C14H20N2O2S. The van der Waals surface area contributed by atoms with Crippen molar-refractivity contribution in [1.29, 1.82) is 0 Å². The summed E-state index contributed by atoms with van der Waals surface area (Å²) in [6, 6.07) is 4.23. The number of hydrogen-bond acceptors (Lipinski definition) is 4. The first-order valence-corrected chi connectivity index (χ1v) is 7.73. The summed E-state index contributed by atoms with van der Waals surface area (Å²) in [5, 5.41) is 8.93. The second kappa shape index (κ2) is 7.50. The molecule has 5 heteroatoms. The van der Waals surface area contributed by atoms with E-state index >= 15 is 0 Å². The third kappa shape index (κ3) is 4.21. The second-order valence-corrected chi connectivity index (χ2v) is 5.77. The smallest absolute Gasteiger partial charge is 0.233 e. The van der Waals surface area contributed by atoms with Gasteiger partial charge < -0.3 is 10.0 Å². The van der Waals surface area contributed by atoms with Gasteiger partial charge in [-0.1, -0.05) is 0 Å². The highest BCUT2D eigenvalue weighted by atomic mass is 32.2. The third-order valence-electron chi connectivity index (χ3n) is 3.40. The summed E-state index contributed by atoms with van der Waals surface area (Å²) >= 11 is 1.55. The molecule has 1 N–H and O–H groups in total. The Morgan fingerprint density at radius 1 is 1.42 bits per heavy atom. The highest BCUT2D eigenvalue weighted by Crippen LogP contribution is 2.26. The van der Waals surface area contributed by atoms with Gasteiger partial charge in [-0.05, 0) is 37.8 Å². The minimum Gasteiger partial charge on any atom is -0.396 e. The standard InChI is InChI=1S/C14H20N2O2S/c17-10-2-9-16(12-3-1-4-12)14(18)11-19-13-5-7-15-8-6-13/h5-8,12,17H,1-4,9-11H2. The van der Waals surface area contributed by atoms with Crippen molar-refractivity contribution in [3.63, 3.8) is 0 Å². The number of aromatic nitrogens is 1. The lowest BCUT2D eigenvalue weighted by molar-refractivity contribution is -0.132. The molecule has 1 fully saturated rings. The number of nitrogens with zero attached hydrogens (tertiary/aromatic N) is 2. The number of hydrogen-bond donors (Lipinski definition) is 1. The van der Waals surface area contributed by atoms with Crippen LogP contribution >= 0.6 is 11.8 Å². The van der Waals surface area contributed by atoms with Crippen molar-refractivity contribution in [2.75, 3.05) is 18.9 Å². The summed E-state index contributed by atoms with van der Waals surface area (Å²) in [6.45, 7) is 0.824. The number of pyridine rings is 1. The van der Waals surface area contributed by atoms with Crippen LogP contribution in [0.15, 0.2) is 29.4 Å². The molecule has 1 saturated carbocycles. The molecule has 0 unspecified atom stereocenters. The normalized spacial score (nSPS) is 15.0. The zero-order valence-corrected chi connectivity index (χ0v) is 11.8. The van der Waals surface area contributed by atoms with Gasteiger partial charge in [0.1, 0.15) is 0 Å². The number of amides is 1. The van der Waals surface area contributed by atoms with E-state index in [0.29, 0.717) is 24.8 Å². The molecule has 4 nitrogen and oxygen atoms in total. The van der Waals surface area contributed by atoms with Gasteiger partial charge in [0.2, 0.25) is 5.91 Å². The molecule has 104 valence electrons. The van der Waals surface area contributed by atoms with Crippen molar-refractivity contribution in [1.82, 2.24) is 9.88 Å². The van der Waals surface area contributed by atoms with Gasteiger partial charge in [0.25, 0.3) is 0 Å². The average molecular weight is 280 g/mol. The quantitative estimate of drug-likeness (QED) is 0.776. The molecule has 19 heavy (non-hydrogen) atoms. The SMILES string of the molecule is O=C(CSc1ccncc1)N(CCCO)C1CCC1. The highest BCUT2D eigenvalue weighted by Gasteiger charge is 2.27. The Bertz CT molecular complexity index is 396. The van der Waals surface area contributed by atoms with E-state index in [-0.39, 0.29) is 12.5 Å². The Hall–Kier alpha value is -1.07. The molecule has 0 saturated heterocycles. The van der Waals surface area contributed by atoms with Crippen LogP contribution in [0, 0.1) is 0 Å². The minimum atomic E-state index is 0.147. The molecule has 0 aromatic carbocycles. The van der Waals surface area contributed by atoms with Gasteiger partial charge in [-0.15, -0.1) is 11.8 Å². The van der Waals surface area contributed by atoms with Crippen LogP contribution in [0.5, 0.6) is 0 Å². The predicted molar refractivity (Wildman–Crippen MR) is 76.0 cm³/mol. The summed E-state index contributed by atoms with van der Waals surface area (Å²) in [4.78, 5) is 19.2. The lowest BCUT2D eigenvalue weighted by atomic mass is 9.91. The first kappa shape index (κ1) is 14.3. The van der Waals surface area contributed by atoms with Gasteiger partial charge in [0, 0.05) is 36.5 Å². The monoisotopic (exact) mass is 280 g/mol.